The number of sulfonamides is 1. The van der Waals surface area contributed by atoms with E-state index in [4.69, 9.17) is 16.9 Å². The van der Waals surface area contributed by atoms with Crippen LogP contribution in [0.4, 0.5) is 0 Å². The lowest BCUT2D eigenvalue weighted by atomic mass is 9.69. The summed E-state index contributed by atoms with van der Waals surface area (Å²) in [6.07, 6.45) is 1.65. The molecule has 0 bridgehead atoms. The first-order chi connectivity index (χ1) is 9.81. The first-order valence-electron chi connectivity index (χ1n) is 6.23. The Morgan fingerprint density at radius 3 is 2.62 bits per heavy atom. The van der Waals surface area contributed by atoms with Gasteiger partial charge in [-0.15, -0.1) is 0 Å². The molecule has 1 aromatic rings. The quantitative estimate of drug-likeness (QED) is 0.856. The van der Waals surface area contributed by atoms with E-state index in [2.05, 4.69) is 4.72 Å². The smallest absolute Gasteiger partial charge is 0.310 e. The standard InChI is InChI=1S/C13H13ClN2O4S/c14-10-3-2-9(7-15)6-11(10)21(19,20)16-8-13(12(17)18)4-1-5-13/h2-3,6,16H,1,4-5,8H2,(H,17,18). The van der Waals surface area contributed by atoms with Gasteiger partial charge in [0.1, 0.15) is 4.90 Å². The van der Waals surface area contributed by atoms with Crippen LogP contribution in [0.2, 0.25) is 5.02 Å². The number of hydrogen-bond acceptors (Lipinski definition) is 4. The molecule has 0 saturated heterocycles. The fourth-order valence-corrected chi connectivity index (χ4v) is 3.81. The number of nitriles is 1. The Hall–Kier alpha value is -1.62. The maximum atomic E-state index is 12.2. The van der Waals surface area contributed by atoms with Gasteiger partial charge in [0.25, 0.3) is 0 Å². The molecule has 112 valence electrons. The molecule has 1 aliphatic rings. The summed E-state index contributed by atoms with van der Waals surface area (Å²) in [4.78, 5) is 11.0. The van der Waals surface area contributed by atoms with Crippen molar-refractivity contribution >= 4 is 27.6 Å². The Kier molecular flexibility index (Phi) is 4.23. The van der Waals surface area contributed by atoms with Crippen molar-refractivity contribution in [3.8, 4) is 6.07 Å². The van der Waals surface area contributed by atoms with E-state index in [9.17, 15) is 18.3 Å². The van der Waals surface area contributed by atoms with E-state index in [0.29, 0.717) is 12.8 Å². The molecule has 1 aliphatic carbocycles. The largest absolute Gasteiger partial charge is 0.481 e. The topological polar surface area (TPSA) is 107 Å². The van der Waals surface area contributed by atoms with Crippen LogP contribution in [-0.4, -0.2) is 26.0 Å². The Bertz CT molecular complexity index is 720. The summed E-state index contributed by atoms with van der Waals surface area (Å²) >= 11 is 5.85. The number of carbonyl (C=O) groups is 1. The number of carboxylic acids is 1. The second kappa shape index (κ2) is 5.64. The van der Waals surface area contributed by atoms with Gasteiger partial charge in [-0.25, -0.2) is 13.1 Å². The normalized spacial score (nSPS) is 16.8. The number of nitrogens with one attached hydrogen (secondary N) is 1. The highest BCUT2D eigenvalue weighted by atomic mass is 35.5. The molecule has 0 aliphatic heterocycles. The van der Waals surface area contributed by atoms with E-state index in [1.54, 1.807) is 0 Å². The predicted octanol–water partition coefficient (Wildman–Crippen LogP) is 1.74. The lowest BCUT2D eigenvalue weighted by molar-refractivity contribution is -0.153. The number of hydrogen-bond donors (Lipinski definition) is 2. The van der Waals surface area contributed by atoms with Crippen molar-refractivity contribution in [2.45, 2.75) is 24.2 Å². The van der Waals surface area contributed by atoms with E-state index < -0.39 is 21.4 Å². The van der Waals surface area contributed by atoms with E-state index >= 15 is 0 Å². The third kappa shape index (κ3) is 3.02. The number of nitrogens with zero attached hydrogens (tertiary/aromatic N) is 1. The number of carboxylic acid groups (broad SMARTS) is 1. The molecule has 0 amide bonds. The number of halogens is 1. The molecule has 0 atom stereocenters. The SMILES string of the molecule is N#Cc1ccc(Cl)c(S(=O)(=O)NCC2(C(=O)O)CCC2)c1. The molecule has 8 heteroatoms. The van der Waals surface area contributed by atoms with Crippen molar-refractivity contribution < 1.29 is 18.3 Å². The molecule has 0 spiro atoms. The number of rotatable bonds is 5. The molecular weight excluding hydrogens is 316 g/mol. The van der Waals surface area contributed by atoms with E-state index in [1.165, 1.54) is 18.2 Å². The summed E-state index contributed by atoms with van der Waals surface area (Å²) < 4.78 is 26.8. The summed E-state index contributed by atoms with van der Waals surface area (Å²) in [5, 5.41) is 18.0. The summed E-state index contributed by atoms with van der Waals surface area (Å²) in [7, 11) is -3.96. The van der Waals surface area contributed by atoms with Gasteiger partial charge in [0.15, 0.2) is 0 Å². The minimum Gasteiger partial charge on any atom is -0.481 e. The molecule has 1 aromatic carbocycles. The molecule has 2 rings (SSSR count). The zero-order valence-corrected chi connectivity index (χ0v) is 12.5. The molecule has 21 heavy (non-hydrogen) atoms. The van der Waals surface area contributed by atoms with Crippen molar-refractivity contribution in [1.29, 1.82) is 5.26 Å². The van der Waals surface area contributed by atoms with Gasteiger partial charge in [0, 0.05) is 6.54 Å². The van der Waals surface area contributed by atoms with Crippen molar-refractivity contribution in [2.24, 2.45) is 5.41 Å². The third-order valence-electron chi connectivity index (χ3n) is 3.71. The van der Waals surface area contributed by atoms with Gasteiger partial charge in [-0.2, -0.15) is 5.26 Å². The van der Waals surface area contributed by atoms with Crippen LogP contribution in [0, 0.1) is 16.7 Å². The first kappa shape index (κ1) is 15.8. The van der Waals surface area contributed by atoms with Crippen LogP contribution in [0.5, 0.6) is 0 Å². The average molecular weight is 329 g/mol. The third-order valence-corrected chi connectivity index (χ3v) is 5.60. The average Bonchev–Trinajstić information content (AvgIpc) is 2.37. The Morgan fingerprint density at radius 2 is 2.14 bits per heavy atom. The highest BCUT2D eigenvalue weighted by Crippen LogP contribution is 2.40. The molecule has 0 unspecified atom stereocenters. The summed E-state index contributed by atoms with van der Waals surface area (Å²) in [6, 6.07) is 5.73. The van der Waals surface area contributed by atoms with Crippen LogP contribution in [0.25, 0.3) is 0 Å². The molecule has 0 radical (unpaired) electrons. The zero-order chi connectivity index (χ0) is 15.7. The Morgan fingerprint density at radius 1 is 1.48 bits per heavy atom. The highest BCUT2D eigenvalue weighted by molar-refractivity contribution is 7.89. The first-order valence-corrected chi connectivity index (χ1v) is 8.10. The predicted molar refractivity (Wildman–Crippen MR) is 75.3 cm³/mol. The second-order valence-corrected chi connectivity index (χ2v) is 7.16. The van der Waals surface area contributed by atoms with Gasteiger partial charge in [0.05, 0.1) is 22.1 Å². The zero-order valence-electron chi connectivity index (χ0n) is 11.0. The van der Waals surface area contributed by atoms with E-state index in [0.717, 1.165) is 6.42 Å². The van der Waals surface area contributed by atoms with Crippen molar-refractivity contribution in [3.63, 3.8) is 0 Å². The lowest BCUT2D eigenvalue weighted by Gasteiger charge is -2.37. The van der Waals surface area contributed by atoms with Gasteiger partial charge in [-0.1, -0.05) is 18.0 Å². The highest BCUT2D eigenvalue weighted by Gasteiger charge is 2.45. The summed E-state index contributed by atoms with van der Waals surface area (Å²) in [5.41, 5.74) is -0.872. The van der Waals surface area contributed by atoms with E-state index in [1.807, 2.05) is 6.07 Å². The van der Waals surface area contributed by atoms with Crippen LogP contribution in [0.1, 0.15) is 24.8 Å². The fourth-order valence-electron chi connectivity index (χ4n) is 2.16. The van der Waals surface area contributed by atoms with Crippen molar-refractivity contribution in [3.05, 3.63) is 28.8 Å². The summed E-state index contributed by atoms with van der Waals surface area (Å²) in [6.45, 7) is -0.183. The minimum absolute atomic E-state index is 0.0144. The molecule has 6 nitrogen and oxygen atoms in total. The van der Waals surface area contributed by atoms with Gasteiger partial charge >= 0.3 is 5.97 Å². The molecule has 0 aromatic heterocycles. The maximum Gasteiger partial charge on any atom is 0.310 e. The lowest BCUT2D eigenvalue weighted by Crippen LogP contribution is -2.47. The molecule has 0 heterocycles. The van der Waals surface area contributed by atoms with Crippen LogP contribution in [0.3, 0.4) is 0 Å². The van der Waals surface area contributed by atoms with Gasteiger partial charge in [0.2, 0.25) is 10.0 Å². The number of aliphatic carboxylic acids is 1. The Balaban J connectivity index is 2.23. The maximum absolute atomic E-state index is 12.2. The van der Waals surface area contributed by atoms with E-state index in [-0.39, 0.29) is 22.0 Å². The monoisotopic (exact) mass is 328 g/mol. The molecule has 1 fully saturated rings. The van der Waals surface area contributed by atoms with Crippen molar-refractivity contribution in [1.82, 2.24) is 4.72 Å². The minimum atomic E-state index is -3.96. The van der Waals surface area contributed by atoms with Crippen LogP contribution >= 0.6 is 11.6 Å². The van der Waals surface area contributed by atoms with Gasteiger partial charge in [-0.3, -0.25) is 4.79 Å². The van der Waals surface area contributed by atoms with Gasteiger partial charge < -0.3 is 5.11 Å². The fraction of sp³-hybridized carbons (Fsp3) is 0.385. The Labute approximate surface area is 127 Å². The second-order valence-electron chi connectivity index (χ2n) is 5.02. The molecular formula is C13H13ClN2O4S. The van der Waals surface area contributed by atoms with Crippen LogP contribution < -0.4 is 4.72 Å². The summed E-state index contributed by atoms with van der Waals surface area (Å²) in [5.74, 6) is -1.01. The van der Waals surface area contributed by atoms with Crippen molar-refractivity contribution in [2.75, 3.05) is 6.54 Å². The van der Waals surface area contributed by atoms with Crippen LogP contribution in [-0.2, 0) is 14.8 Å². The van der Waals surface area contributed by atoms with Gasteiger partial charge in [-0.05, 0) is 31.0 Å². The van der Waals surface area contributed by atoms with Crippen LogP contribution in [0.15, 0.2) is 23.1 Å². The molecule has 2 N–H and O–H groups in total. The number of benzene rings is 1. The molecule has 1 saturated carbocycles.